The van der Waals surface area contributed by atoms with E-state index in [2.05, 4.69) is 15.2 Å². The van der Waals surface area contributed by atoms with E-state index < -0.39 is 13.0 Å². The van der Waals surface area contributed by atoms with Crippen LogP contribution >= 0.6 is 0 Å². The summed E-state index contributed by atoms with van der Waals surface area (Å²) < 4.78 is 40.1. The Labute approximate surface area is 91.4 Å². The summed E-state index contributed by atoms with van der Waals surface area (Å²) in [5.74, 6) is 0. The average Bonchev–Trinajstić information content (AvgIpc) is 2.61. The number of rotatable bonds is 6. The Morgan fingerprint density at radius 1 is 1.50 bits per heavy atom. The van der Waals surface area contributed by atoms with Crippen LogP contribution in [0.3, 0.4) is 0 Å². The molecule has 0 saturated carbocycles. The SMILES string of the molecule is CCNCc1cnn(CCOC(F)(F)F)c1. The van der Waals surface area contributed by atoms with Gasteiger partial charge in [-0.1, -0.05) is 6.92 Å². The molecule has 7 heteroatoms. The van der Waals surface area contributed by atoms with Crippen molar-refractivity contribution >= 4 is 0 Å². The molecule has 0 fully saturated rings. The summed E-state index contributed by atoms with van der Waals surface area (Å²) in [4.78, 5) is 0. The number of nitrogens with zero attached hydrogens (tertiary/aromatic N) is 2. The van der Waals surface area contributed by atoms with Gasteiger partial charge in [0.1, 0.15) is 0 Å². The van der Waals surface area contributed by atoms with Gasteiger partial charge in [-0.15, -0.1) is 13.2 Å². The minimum Gasteiger partial charge on any atom is -0.313 e. The molecule has 1 aromatic rings. The van der Waals surface area contributed by atoms with Crippen LogP contribution in [0.15, 0.2) is 12.4 Å². The fraction of sp³-hybridized carbons (Fsp3) is 0.667. The minimum absolute atomic E-state index is 0.0889. The predicted octanol–water partition coefficient (Wildman–Crippen LogP) is 1.53. The average molecular weight is 237 g/mol. The van der Waals surface area contributed by atoms with Crippen molar-refractivity contribution in [1.29, 1.82) is 0 Å². The fourth-order valence-electron chi connectivity index (χ4n) is 1.14. The molecule has 0 saturated heterocycles. The van der Waals surface area contributed by atoms with Crippen molar-refractivity contribution in [1.82, 2.24) is 15.1 Å². The third-order valence-corrected chi connectivity index (χ3v) is 1.85. The van der Waals surface area contributed by atoms with Crippen LogP contribution in [0.25, 0.3) is 0 Å². The molecule has 1 rings (SSSR count). The third kappa shape index (κ3) is 5.13. The zero-order valence-corrected chi connectivity index (χ0v) is 8.92. The molecule has 92 valence electrons. The smallest absolute Gasteiger partial charge is 0.313 e. The molecular weight excluding hydrogens is 223 g/mol. The molecule has 0 radical (unpaired) electrons. The van der Waals surface area contributed by atoms with Gasteiger partial charge in [-0.05, 0) is 6.54 Å². The van der Waals surface area contributed by atoms with Gasteiger partial charge in [-0.25, -0.2) is 0 Å². The van der Waals surface area contributed by atoms with E-state index in [1.165, 1.54) is 4.68 Å². The Bertz CT molecular complexity index is 311. The highest BCUT2D eigenvalue weighted by atomic mass is 19.4. The molecule has 1 aromatic heterocycles. The van der Waals surface area contributed by atoms with Crippen molar-refractivity contribution in [3.8, 4) is 0 Å². The van der Waals surface area contributed by atoms with E-state index in [4.69, 9.17) is 0 Å². The van der Waals surface area contributed by atoms with E-state index in [0.29, 0.717) is 6.54 Å². The maximum absolute atomic E-state index is 11.7. The Balaban J connectivity index is 2.29. The zero-order valence-electron chi connectivity index (χ0n) is 8.92. The van der Waals surface area contributed by atoms with Crippen molar-refractivity contribution in [3.05, 3.63) is 18.0 Å². The molecule has 4 nitrogen and oxygen atoms in total. The lowest BCUT2D eigenvalue weighted by Crippen LogP contribution is -2.17. The second kappa shape index (κ2) is 5.86. The van der Waals surface area contributed by atoms with Crippen LogP contribution in [0.2, 0.25) is 0 Å². The Morgan fingerprint density at radius 2 is 2.25 bits per heavy atom. The Kier molecular flexibility index (Phi) is 4.75. The minimum atomic E-state index is -4.57. The van der Waals surface area contributed by atoms with Crippen LogP contribution in [0, 0.1) is 0 Å². The van der Waals surface area contributed by atoms with E-state index in [1.54, 1.807) is 12.4 Å². The van der Waals surface area contributed by atoms with Crippen molar-refractivity contribution in [2.45, 2.75) is 26.4 Å². The van der Waals surface area contributed by atoms with E-state index in [0.717, 1.165) is 12.1 Å². The van der Waals surface area contributed by atoms with Gasteiger partial charge in [-0.2, -0.15) is 5.10 Å². The molecule has 0 bridgehead atoms. The second-order valence-corrected chi connectivity index (χ2v) is 3.19. The highest BCUT2D eigenvalue weighted by Gasteiger charge is 2.28. The molecule has 0 aromatic carbocycles. The lowest BCUT2D eigenvalue weighted by atomic mass is 10.3. The second-order valence-electron chi connectivity index (χ2n) is 3.19. The number of ether oxygens (including phenoxy) is 1. The molecule has 0 unspecified atom stereocenters. The molecule has 0 amide bonds. The van der Waals surface area contributed by atoms with Gasteiger partial charge in [-0.3, -0.25) is 9.42 Å². The van der Waals surface area contributed by atoms with Crippen molar-refractivity contribution in [3.63, 3.8) is 0 Å². The fourth-order valence-corrected chi connectivity index (χ4v) is 1.14. The molecular formula is C9H14F3N3O. The Hall–Kier alpha value is -1.08. The van der Waals surface area contributed by atoms with E-state index in [-0.39, 0.29) is 6.54 Å². The van der Waals surface area contributed by atoms with Crippen molar-refractivity contribution in [2.75, 3.05) is 13.2 Å². The topological polar surface area (TPSA) is 39.1 Å². The predicted molar refractivity (Wildman–Crippen MR) is 51.6 cm³/mol. The molecule has 0 aliphatic heterocycles. The van der Waals surface area contributed by atoms with Crippen molar-refractivity contribution < 1.29 is 17.9 Å². The van der Waals surface area contributed by atoms with Gasteiger partial charge in [0.2, 0.25) is 0 Å². The summed E-state index contributed by atoms with van der Waals surface area (Å²) in [6.45, 7) is 3.14. The standard InChI is InChI=1S/C9H14F3N3O/c1-2-13-5-8-6-14-15(7-8)3-4-16-9(10,11)12/h6-7,13H,2-5H2,1H3. The summed E-state index contributed by atoms with van der Waals surface area (Å²) in [6.07, 6.45) is -1.25. The van der Waals surface area contributed by atoms with Crippen LogP contribution in [0.1, 0.15) is 12.5 Å². The van der Waals surface area contributed by atoms with Gasteiger partial charge >= 0.3 is 6.36 Å². The first-order chi connectivity index (χ1) is 7.51. The van der Waals surface area contributed by atoms with Crippen LogP contribution < -0.4 is 5.32 Å². The number of hydrogen-bond acceptors (Lipinski definition) is 3. The highest BCUT2D eigenvalue weighted by Crippen LogP contribution is 2.15. The summed E-state index contributed by atoms with van der Waals surface area (Å²) in [5, 5.41) is 7.01. The molecule has 0 aliphatic rings. The van der Waals surface area contributed by atoms with Gasteiger partial charge in [0, 0.05) is 18.3 Å². The van der Waals surface area contributed by atoms with E-state index in [1.807, 2.05) is 6.92 Å². The Morgan fingerprint density at radius 3 is 2.88 bits per heavy atom. The normalized spacial score (nSPS) is 12.0. The third-order valence-electron chi connectivity index (χ3n) is 1.85. The molecule has 16 heavy (non-hydrogen) atoms. The largest absolute Gasteiger partial charge is 0.522 e. The molecule has 1 N–H and O–H groups in total. The summed E-state index contributed by atoms with van der Waals surface area (Å²) in [6, 6.07) is 0. The van der Waals surface area contributed by atoms with E-state index >= 15 is 0 Å². The van der Waals surface area contributed by atoms with Crippen LogP contribution in [-0.4, -0.2) is 29.3 Å². The number of alkyl halides is 3. The monoisotopic (exact) mass is 237 g/mol. The first-order valence-electron chi connectivity index (χ1n) is 4.94. The van der Waals surface area contributed by atoms with Crippen molar-refractivity contribution in [2.24, 2.45) is 0 Å². The maximum atomic E-state index is 11.7. The number of hydrogen-bond donors (Lipinski definition) is 1. The summed E-state index contributed by atoms with van der Waals surface area (Å²) in [7, 11) is 0. The molecule has 0 atom stereocenters. The van der Waals surface area contributed by atoms with Gasteiger partial charge in [0.15, 0.2) is 0 Å². The number of nitrogens with one attached hydrogen (secondary N) is 1. The van der Waals surface area contributed by atoms with Gasteiger partial charge < -0.3 is 5.32 Å². The maximum Gasteiger partial charge on any atom is 0.522 e. The zero-order chi connectivity index (χ0) is 12.0. The van der Waals surface area contributed by atoms with Crippen LogP contribution in [0.5, 0.6) is 0 Å². The van der Waals surface area contributed by atoms with Gasteiger partial charge in [0.25, 0.3) is 0 Å². The quantitative estimate of drug-likeness (QED) is 0.815. The molecule has 0 aliphatic carbocycles. The first kappa shape index (κ1) is 13.0. The number of aromatic nitrogens is 2. The first-order valence-corrected chi connectivity index (χ1v) is 4.94. The lowest BCUT2D eigenvalue weighted by Gasteiger charge is -2.06. The number of halogens is 3. The van der Waals surface area contributed by atoms with Gasteiger partial charge in [0.05, 0.1) is 19.3 Å². The lowest BCUT2D eigenvalue weighted by molar-refractivity contribution is -0.325. The van der Waals surface area contributed by atoms with Crippen LogP contribution in [0.4, 0.5) is 13.2 Å². The molecule has 1 heterocycles. The van der Waals surface area contributed by atoms with Crippen LogP contribution in [-0.2, 0) is 17.8 Å². The molecule has 0 spiro atoms. The summed E-state index contributed by atoms with van der Waals surface area (Å²) >= 11 is 0. The highest BCUT2D eigenvalue weighted by molar-refractivity contribution is 5.03. The van der Waals surface area contributed by atoms with E-state index in [9.17, 15) is 13.2 Å². The summed E-state index contributed by atoms with van der Waals surface area (Å²) in [5.41, 5.74) is 0.939.